The lowest BCUT2D eigenvalue weighted by atomic mass is 10.2. The Morgan fingerprint density at radius 1 is 1.33 bits per heavy atom. The van der Waals surface area contributed by atoms with Crippen molar-refractivity contribution in [3.63, 3.8) is 0 Å². The van der Waals surface area contributed by atoms with Crippen LogP contribution < -0.4 is 5.73 Å². The van der Waals surface area contributed by atoms with Gasteiger partial charge in [0.05, 0.1) is 19.8 Å². The molecule has 0 aliphatic rings. The topological polar surface area (TPSA) is 64.7 Å². The molecule has 0 aromatic rings. The third-order valence-electron chi connectivity index (χ3n) is 1.41. The van der Waals surface area contributed by atoms with Crippen LogP contribution in [-0.2, 0) is 9.47 Å². The van der Waals surface area contributed by atoms with E-state index in [1.165, 1.54) is 0 Å². The Bertz CT molecular complexity index is 90.4. The summed E-state index contributed by atoms with van der Waals surface area (Å²) in [6.45, 7) is 4.46. The van der Waals surface area contributed by atoms with E-state index in [-0.39, 0.29) is 12.6 Å². The standard InChI is InChI=1S/C8H19NO3/c1-2-11-5-6-12-7-8(9)3-4-10/h8,10H,2-7,9H2,1H3. The molecule has 4 nitrogen and oxygen atoms in total. The maximum absolute atomic E-state index is 8.52. The first-order valence-electron chi connectivity index (χ1n) is 4.33. The molecule has 74 valence electrons. The van der Waals surface area contributed by atoms with Gasteiger partial charge in [0, 0.05) is 19.3 Å². The summed E-state index contributed by atoms with van der Waals surface area (Å²) in [4.78, 5) is 0. The summed E-state index contributed by atoms with van der Waals surface area (Å²) in [7, 11) is 0. The minimum atomic E-state index is -0.0587. The zero-order valence-electron chi connectivity index (χ0n) is 7.66. The van der Waals surface area contributed by atoms with E-state index in [1.54, 1.807) is 0 Å². The highest BCUT2D eigenvalue weighted by molar-refractivity contribution is 4.57. The van der Waals surface area contributed by atoms with Gasteiger partial charge >= 0.3 is 0 Å². The summed E-state index contributed by atoms with van der Waals surface area (Å²) in [5, 5.41) is 8.52. The van der Waals surface area contributed by atoms with Crippen molar-refractivity contribution in [1.29, 1.82) is 0 Å². The van der Waals surface area contributed by atoms with Crippen LogP contribution >= 0.6 is 0 Å². The Morgan fingerprint density at radius 3 is 2.58 bits per heavy atom. The highest BCUT2D eigenvalue weighted by Crippen LogP contribution is 1.88. The van der Waals surface area contributed by atoms with Gasteiger partial charge in [0.2, 0.25) is 0 Å². The van der Waals surface area contributed by atoms with E-state index in [2.05, 4.69) is 0 Å². The second kappa shape index (κ2) is 8.93. The number of rotatable bonds is 8. The maximum atomic E-state index is 8.52. The zero-order chi connectivity index (χ0) is 9.23. The fourth-order valence-electron chi connectivity index (χ4n) is 0.746. The van der Waals surface area contributed by atoms with Crippen LogP contribution in [0.1, 0.15) is 13.3 Å². The predicted molar refractivity (Wildman–Crippen MR) is 47.0 cm³/mol. The number of hydrogen-bond acceptors (Lipinski definition) is 4. The summed E-state index contributed by atoms with van der Waals surface area (Å²) in [5.74, 6) is 0. The lowest BCUT2D eigenvalue weighted by Gasteiger charge is -2.10. The van der Waals surface area contributed by atoms with Gasteiger partial charge in [-0.2, -0.15) is 0 Å². The van der Waals surface area contributed by atoms with E-state index in [4.69, 9.17) is 20.3 Å². The fraction of sp³-hybridized carbons (Fsp3) is 1.00. The van der Waals surface area contributed by atoms with Crippen LogP contribution in [0.2, 0.25) is 0 Å². The Balaban J connectivity index is 2.97. The average Bonchev–Trinajstić information content (AvgIpc) is 2.05. The van der Waals surface area contributed by atoms with Crippen LogP contribution in [0, 0.1) is 0 Å². The van der Waals surface area contributed by atoms with Crippen molar-refractivity contribution in [1.82, 2.24) is 0 Å². The van der Waals surface area contributed by atoms with Crippen molar-refractivity contribution in [3.8, 4) is 0 Å². The van der Waals surface area contributed by atoms with Gasteiger partial charge in [0.1, 0.15) is 0 Å². The van der Waals surface area contributed by atoms with Crippen LogP contribution in [-0.4, -0.2) is 44.2 Å². The molecule has 0 heterocycles. The summed E-state index contributed by atoms with van der Waals surface area (Å²) in [6.07, 6.45) is 0.592. The molecule has 0 radical (unpaired) electrons. The predicted octanol–water partition coefficient (Wildman–Crippen LogP) is -0.251. The van der Waals surface area contributed by atoms with E-state index >= 15 is 0 Å². The summed E-state index contributed by atoms with van der Waals surface area (Å²) >= 11 is 0. The smallest absolute Gasteiger partial charge is 0.0701 e. The quantitative estimate of drug-likeness (QED) is 0.502. The van der Waals surface area contributed by atoms with Crippen molar-refractivity contribution >= 4 is 0 Å². The Morgan fingerprint density at radius 2 is 2.00 bits per heavy atom. The van der Waals surface area contributed by atoms with Gasteiger partial charge in [-0.3, -0.25) is 0 Å². The normalized spacial score (nSPS) is 13.2. The molecule has 1 unspecified atom stereocenters. The van der Waals surface area contributed by atoms with Gasteiger partial charge in [0.15, 0.2) is 0 Å². The molecule has 0 aliphatic carbocycles. The largest absolute Gasteiger partial charge is 0.396 e. The number of aliphatic hydroxyl groups excluding tert-OH is 1. The molecule has 0 saturated heterocycles. The lowest BCUT2D eigenvalue weighted by Crippen LogP contribution is -2.28. The van der Waals surface area contributed by atoms with Crippen molar-refractivity contribution in [2.75, 3.05) is 33.0 Å². The second-order valence-electron chi connectivity index (χ2n) is 2.54. The van der Waals surface area contributed by atoms with Gasteiger partial charge < -0.3 is 20.3 Å². The van der Waals surface area contributed by atoms with Crippen LogP contribution in [0.5, 0.6) is 0 Å². The fourth-order valence-corrected chi connectivity index (χ4v) is 0.746. The third-order valence-corrected chi connectivity index (χ3v) is 1.41. The summed E-state index contributed by atoms with van der Waals surface area (Å²) < 4.78 is 10.2. The van der Waals surface area contributed by atoms with E-state index in [0.717, 1.165) is 0 Å². The van der Waals surface area contributed by atoms with Crippen LogP contribution in [0.4, 0.5) is 0 Å². The van der Waals surface area contributed by atoms with E-state index in [0.29, 0.717) is 32.8 Å². The monoisotopic (exact) mass is 177 g/mol. The third kappa shape index (κ3) is 7.94. The molecule has 0 aliphatic heterocycles. The Kier molecular flexibility index (Phi) is 8.81. The van der Waals surface area contributed by atoms with E-state index in [1.807, 2.05) is 6.92 Å². The molecule has 0 aromatic carbocycles. The van der Waals surface area contributed by atoms with Crippen molar-refractivity contribution < 1.29 is 14.6 Å². The summed E-state index contributed by atoms with van der Waals surface area (Å²) in [6, 6.07) is -0.0587. The Labute approximate surface area is 73.7 Å². The molecule has 0 aromatic heterocycles. The molecule has 3 N–H and O–H groups in total. The Hall–Kier alpha value is -0.160. The molecule has 0 bridgehead atoms. The molecule has 0 saturated carbocycles. The highest BCUT2D eigenvalue weighted by Gasteiger charge is 2.00. The summed E-state index contributed by atoms with van der Waals surface area (Å²) in [5.41, 5.74) is 5.57. The van der Waals surface area contributed by atoms with Crippen molar-refractivity contribution in [3.05, 3.63) is 0 Å². The first-order valence-corrected chi connectivity index (χ1v) is 4.33. The van der Waals surface area contributed by atoms with Crippen LogP contribution in [0.3, 0.4) is 0 Å². The van der Waals surface area contributed by atoms with Crippen LogP contribution in [0.25, 0.3) is 0 Å². The minimum Gasteiger partial charge on any atom is -0.396 e. The highest BCUT2D eigenvalue weighted by atomic mass is 16.5. The van der Waals surface area contributed by atoms with E-state index in [9.17, 15) is 0 Å². The molecule has 0 rings (SSSR count). The van der Waals surface area contributed by atoms with Gasteiger partial charge in [-0.05, 0) is 13.3 Å². The minimum absolute atomic E-state index is 0.0587. The maximum Gasteiger partial charge on any atom is 0.0701 e. The molecule has 0 amide bonds. The number of nitrogens with two attached hydrogens (primary N) is 1. The van der Waals surface area contributed by atoms with Gasteiger partial charge in [-0.25, -0.2) is 0 Å². The first-order chi connectivity index (χ1) is 5.81. The molecule has 0 fully saturated rings. The number of ether oxygens (including phenoxy) is 2. The molecule has 0 spiro atoms. The van der Waals surface area contributed by atoms with Gasteiger partial charge in [0.25, 0.3) is 0 Å². The number of aliphatic hydroxyl groups is 1. The SMILES string of the molecule is CCOCCOCC(N)CCO. The second-order valence-corrected chi connectivity index (χ2v) is 2.54. The molecule has 1 atom stereocenters. The lowest BCUT2D eigenvalue weighted by molar-refractivity contribution is 0.0449. The van der Waals surface area contributed by atoms with Crippen molar-refractivity contribution in [2.24, 2.45) is 5.73 Å². The molecule has 4 heteroatoms. The zero-order valence-corrected chi connectivity index (χ0v) is 7.66. The molecular formula is C8H19NO3. The van der Waals surface area contributed by atoms with Crippen molar-refractivity contribution in [2.45, 2.75) is 19.4 Å². The number of hydrogen-bond donors (Lipinski definition) is 2. The van der Waals surface area contributed by atoms with Gasteiger partial charge in [-0.15, -0.1) is 0 Å². The van der Waals surface area contributed by atoms with Crippen LogP contribution in [0.15, 0.2) is 0 Å². The van der Waals surface area contributed by atoms with Gasteiger partial charge in [-0.1, -0.05) is 0 Å². The molecule has 12 heavy (non-hydrogen) atoms. The first kappa shape index (κ1) is 11.8. The average molecular weight is 177 g/mol. The molecular weight excluding hydrogens is 158 g/mol. The van der Waals surface area contributed by atoms with E-state index < -0.39 is 0 Å².